The SMILES string of the molecule is CC(N)c1ncc(C2CCCCC2C(F)(F)F)o1. The predicted molar refractivity (Wildman–Crippen MR) is 59.9 cm³/mol. The summed E-state index contributed by atoms with van der Waals surface area (Å²) >= 11 is 0. The van der Waals surface area contributed by atoms with E-state index in [2.05, 4.69) is 4.98 Å². The average Bonchev–Trinajstić information content (AvgIpc) is 2.77. The molecule has 1 heterocycles. The first-order chi connectivity index (χ1) is 8.39. The van der Waals surface area contributed by atoms with E-state index in [0.717, 1.165) is 6.42 Å². The van der Waals surface area contributed by atoms with Crippen LogP contribution in [0.3, 0.4) is 0 Å². The summed E-state index contributed by atoms with van der Waals surface area (Å²) < 4.78 is 44.2. The molecule has 18 heavy (non-hydrogen) atoms. The zero-order valence-electron chi connectivity index (χ0n) is 10.2. The Kier molecular flexibility index (Phi) is 3.66. The van der Waals surface area contributed by atoms with Gasteiger partial charge in [0.15, 0.2) is 0 Å². The van der Waals surface area contributed by atoms with Crippen molar-refractivity contribution in [3.8, 4) is 0 Å². The maximum absolute atomic E-state index is 13.0. The molecule has 0 radical (unpaired) electrons. The molecule has 3 atom stereocenters. The molecule has 102 valence electrons. The van der Waals surface area contributed by atoms with Crippen LogP contribution in [-0.4, -0.2) is 11.2 Å². The van der Waals surface area contributed by atoms with Crippen molar-refractivity contribution in [1.29, 1.82) is 0 Å². The lowest BCUT2D eigenvalue weighted by Gasteiger charge is -2.31. The molecule has 1 aliphatic carbocycles. The Morgan fingerprint density at radius 2 is 2.06 bits per heavy atom. The van der Waals surface area contributed by atoms with Gasteiger partial charge < -0.3 is 10.2 Å². The maximum atomic E-state index is 13.0. The summed E-state index contributed by atoms with van der Waals surface area (Å²) in [6.07, 6.45) is -0.694. The fourth-order valence-electron chi connectivity index (χ4n) is 2.55. The summed E-state index contributed by atoms with van der Waals surface area (Å²) in [5.74, 6) is -1.31. The van der Waals surface area contributed by atoms with Crippen molar-refractivity contribution >= 4 is 0 Å². The van der Waals surface area contributed by atoms with E-state index in [1.54, 1.807) is 6.92 Å². The van der Waals surface area contributed by atoms with Crippen LogP contribution in [0.5, 0.6) is 0 Å². The minimum atomic E-state index is -4.17. The van der Waals surface area contributed by atoms with Gasteiger partial charge in [0.05, 0.1) is 18.2 Å². The van der Waals surface area contributed by atoms with E-state index in [9.17, 15) is 13.2 Å². The first-order valence-electron chi connectivity index (χ1n) is 6.17. The highest BCUT2D eigenvalue weighted by molar-refractivity contribution is 5.07. The molecule has 3 nitrogen and oxygen atoms in total. The number of nitrogens with zero attached hydrogens (tertiary/aromatic N) is 1. The van der Waals surface area contributed by atoms with Gasteiger partial charge in [0.2, 0.25) is 5.89 Å². The van der Waals surface area contributed by atoms with Crippen molar-refractivity contribution in [2.45, 2.75) is 50.7 Å². The molecular weight excluding hydrogens is 245 g/mol. The number of alkyl halides is 3. The van der Waals surface area contributed by atoms with Crippen LogP contribution >= 0.6 is 0 Å². The van der Waals surface area contributed by atoms with E-state index in [1.165, 1.54) is 6.20 Å². The second kappa shape index (κ2) is 4.91. The van der Waals surface area contributed by atoms with Crippen LogP contribution < -0.4 is 5.73 Å². The average molecular weight is 262 g/mol. The Hall–Kier alpha value is -1.04. The molecule has 0 aliphatic heterocycles. The molecule has 3 unspecified atom stereocenters. The monoisotopic (exact) mass is 262 g/mol. The van der Waals surface area contributed by atoms with Gasteiger partial charge in [-0.15, -0.1) is 0 Å². The van der Waals surface area contributed by atoms with Gasteiger partial charge in [0.25, 0.3) is 0 Å². The van der Waals surface area contributed by atoms with Crippen molar-refractivity contribution in [3.63, 3.8) is 0 Å². The van der Waals surface area contributed by atoms with Crippen LogP contribution in [0.25, 0.3) is 0 Å². The number of halogens is 3. The summed E-state index contributed by atoms with van der Waals surface area (Å²) in [5.41, 5.74) is 5.60. The van der Waals surface area contributed by atoms with Gasteiger partial charge in [0, 0.05) is 5.92 Å². The first kappa shape index (κ1) is 13.4. The zero-order valence-corrected chi connectivity index (χ0v) is 10.2. The van der Waals surface area contributed by atoms with Crippen LogP contribution in [0.1, 0.15) is 56.2 Å². The molecule has 0 spiro atoms. The Bertz CT molecular complexity index is 400. The third-order valence-electron chi connectivity index (χ3n) is 3.48. The molecule has 1 fully saturated rings. The Balaban J connectivity index is 2.22. The second-order valence-electron chi connectivity index (χ2n) is 4.93. The third-order valence-corrected chi connectivity index (χ3v) is 3.48. The molecule has 1 aliphatic rings. The van der Waals surface area contributed by atoms with Crippen LogP contribution in [0.4, 0.5) is 13.2 Å². The standard InChI is InChI=1S/C12H17F3N2O/c1-7(16)11-17-6-10(18-11)8-4-2-3-5-9(8)12(13,14)15/h6-9H,2-5,16H2,1H3. The molecule has 2 rings (SSSR count). The highest BCUT2D eigenvalue weighted by atomic mass is 19.4. The summed E-state index contributed by atoms with van der Waals surface area (Å²) in [7, 11) is 0. The quantitative estimate of drug-likeness (QED) is 0.887. The van der Waals surface area contributed by atoms with Crippen molar-refractivity contribution < 1.29 is 17.6 Å². The van der Waals surface area contributed by atoms with Gasteiger partial charge in [-0.3, -0.25) is 0 Å². The van der Waals surface area contributed by atoms with Gasteiger partial charge in [-0.2, -0.15) is 13.2 Å². The second-order valence-corrected chi connectivity index (χ2v) is 4.93. The number of hydrogen-bond acceptors (Lipinski definition) is 3. The van der Waals surface area contributed by atoms with Gasteiger partial charge in [-0.25, -0.2) is 4.98 Å². The van der Waals surface area contributed by atoms with E-state index in [-0.39, 0.29) is 6.42 Å². The lowest BCUT2D eigenvalue weighted by Crippen LogP contribution is -2.31. The van der Waals surface area contributed by atoms with E-state index in [4.69, 9.17) is 10.2 Å². The highest BCUT2D eigenvalue weighted by Gasteiger charge is 2.47. The normalized spacial score (nSPS) is 27.2. The molecular formula is C12H17F3N2O. The Labute approximate surface area is 104 Å². The van der Waals surface area contributed by atoms with Crippen LogP contribution in [0.2, 0.25) is 0 Å². The smallest absolute Gasteiger partial charge is 0.392 e. The zero-order chi connectivity index (χ0) is 13.3. The third kappa shape index (κ3) is 2.68. The van der Waals surface area contributed by atoms with Crippen molar-refractivity contribution in [2.75, 3.05) is 0 Å². The molecule has 1 saturated carbocycles. The number of aromatic nitrogens is 1. The van der Waals surface area contributed by atoms with Crippen molar-refractivity contribution in [1.82, 2.24) is 4.98 Å². The first-order valence-corrected chi connectivity index (χ1v) is 6.17. The molecule has 0 bridgehead atoms. The minimum absolute atomic E-state index is 0.169. The molecule has 2 N–H and O–H groups in total. The fourth-order valence-corrected chi connectivity index (χ4v) is 2.55. The minimum Gasteiger partial charge on any atom is -0.444 e. The van der Waals surface area contributed by atoms with Crippen molar-refractivity contribution in [2.24, 2.45) is 11.7 Å². The van der Waals surface area contributed by atoms with Crippen LogP contribution in [0, 0.1) is 5.92 Å². The van der Waals surface area contributed by atoms with Gasteiger partial charge in [0.1, 0.15) is 5.76 Å². The molecule has 0 saturated heterocycles. The molecule has 6 heteroatoms. The Morgan fingerprint density at radius 1 is 1.39 bits per heavy atom. The topological polar surface area (TPSA) is 52.0 Å². The number of oxazole rings is 1. The summed E-state index contributed by atoms with van der Waals surface area (Å²) in [4.78, 5) is 3.95. The molecule has 0 amide bonds. The maximum Gasteiger partial charge on any atom is 0.392 e. The summed E-state index contributed by atoms with van der Waals surface area (Å²) in [5, 5.41) is 0. The van der Waals surface area contributed by atoms with E-state index >= 15 is 0 Å². The fraction of sp³-hybridized carbons (Fsp3) is 0.750. The molecule has 0 aromatic carbocycles. The number of rotatable bonds is 2. The van der Waals surface area contributed by atoms with Crippen LogP contribution in [-0.2, 0) is 0 Å². The van der Waals surface area contributed by atoms with Gasteiger partial charge in [-0.1, -0.05) is 12.8 Å². The Morgan fingerprint density at radius 3 is 2.61 bits per heavy atom. The van der Waals surface area contributed by atoms with Crippen LogP contribution in [0.15, 0.2) is 10.6 Å². The van der Waals surface area contributed by atoms with Gasteiger partial charge >= 0.3 is 6.18 Å². The summed E-state index contributed by atoms with van der Waals surface area (Å²) in [6.45, 7) is 1.69. The number of hydrogen-bond donors (Lipinski definition) is 1. The molecule has 1 aromatic rings. The summed E-state index contributed by atoms with van der Waals surface area (Å²) in [6, 6.07) is -0.397. The number of nitrogens with two attached hydrogens (primary N) is 1. The van der Waals surface area contributed by atoms with Crippen molar-refractivity contribution in [3.05, 3.63) is 17.8 Å². The highest BCUT2D eigenvalue weighted by Crippen LogP contribution is 2.46. The van der Waals surface area contributed by atoms with E-state index in [0.29, 0.717) is 24.5 Å². The predicted octanol–water partition coefficient (Wildman–Crippen LogP) is 3.53. The lowest BCUT2D eigenvalue weighted by atomic mass is 9.77. The van der Waals surface area contributed by atoms with Gasteiger partial charge in [-0.05, 0) is 19.8 Å². The largest absolute Gasteiger partial charge is 0.444 e. The van der Waals surface area contributed by atoms with E-state index in [1.807, 2.05) is 0 Å². The lowest BCUT2D eigenvalue weighted by molar-refractivity contribution is -0.188. The molecule has 1 aromatic heterocycles. The van der Waals surface area contributed by atoms with E-state index < -0.39 is 24.1 Å².